The van der Waals surface area contributed by atoms with Crippen molar-refractivity contribution in [1.82, 2.24) is 15.5 Å². The van der Waals surface area contributed by atoms with Gasteiger partial charge in [0, 0.05) is 53.4 Å². The number of halogens is 1. The SMILES string of the molecule is CN=C(NCc1cccc(CN2CCCC2=O)c1)NCC1(CCOC)CCCC1.I. The Hall–Kier alpha value is -1.35. The van der Waals surface area contributed by atoms with Gasteiger partial charge in [0.15, 0.2) is 5.96 Å². The lowest BCUT2D eigenvalue weighted by Crippen LogP contribution is -2.43. The van der Waals surface area contributed by atoms with Gasteiger partial charge in [0.05, 0.1) is 0 Å². The predicted octanol–water partition coefficient (Wildman–Crippen LogP) is 3.69. The molecule has 1 amide bonds. The summed E-state index contributed by atoms with van der Waals surface area (Å²) >= 11 is 0. The second-order valence-corrected chi connectivity index (χ2v) is 8.47. The van der Waals surface area contributed by atoms with Gasteiger partial charge in [-0.3, -0.25) is 9.79 Å². The quantitative estimate of drug-likeness (QED) is 0.292. The van der Waals surface area contributed by atoms with Crippen LogP contribution in [0.4, 0.5) is 0 Å². The van der Waals surface area contributed by atoms with E-state index in [1.54, 1.807) is 7.11 Å². The molecule has 2 aliphatic rings. The fraction of sp³-hybridized carbons (Fsp3) is 0.652. The van der Waals surface area contributed by atoms with E-state index in [1.165, 1.54) is 36.8 Å². The first-order valence-electron chi connectivity index (χ1n) is 10.9. The number of carbonyl (C=O) groups excluding carboxylic acids is 1. The zero-order chi connectivity index (χ0) is 20.5. The molecule has 7 heteroatoms. The fourth-order valence-corrected chi connectivity index (χ4v) is 4.57. The highest BCUT2D eigenvalue weighted by atomic mass is 127. The zero-order valence-corrected chi connectivity index (χ0v) is 20.7. The molecule has 0 unspecified atom stereocenters. The van der Waals surface area contributed by atoms with Crippen LogP contribution in [-0.4, -0.2) is 50.6 Å². The molecule has 6 nitrogen and oxygen atoms in total. The number of hydrogen-bond acceptors (Lipinski definition) is 3. The van der Waals surface area contributed by atoms with Crippen molar-refractivity contribution in [2.45, 2.75) is 58.0 Å². The minimum Gasteiger partial charge on any atom is -0.385 e. The molecule has 0 radical (unpaired) electrons. The van der Waals surface area contributed by atoms with Gasteiger partial charge < -0.3 is 20.3 Å². The molecule has 0 atom stereocenters. The van der Waals surface area contributed by atoms with Crippen molar-refractivity contribution in [3.63, 3.8) is 0 Å². The normalized spacial score (nSPS) is 18.4. The number of methoxy groups -OCH3 is 1. The van der Waals surface area contributed by atoms with Crippen LogP contribution in [0.5, 0.6) is 0 Å². The summed E-state index contributed by atoms with van der Waals surface area (Å²) in [4.78, 5) is 18.2. The van der Waals surface area contributed by atoms with Gasteiger partial charge in [-0.15, -0.1) is 24.0 Å². The molecule has 1 saturated carbocycles. The Balaban J connectivity index is 0.00000320. The van der Waals surface area contributed by atoms with Gasteiger partial charge in [0.2, 0.25) is 5.91 Å². The lowest BCUT2D eigenvalue weighted by atomic mass is 9.83. The number of nitrogens with zero attached hydrogens (tertiary/aromatic N) is 2. The van der Waals surface area contributed by atoms with Crippen LogP contribution in [0.25, 0.3) is 0 Å². The number of aliphatic imine (C=N–C) groups is 1. The number of guanidine groups is 1. The van der Waals surface area contributed by atoms with Gasteiger partial charge in [-0.1, -0.05) is 37.1 Å². The van der Waals surface area contributed by atoms with E-state index >= 15 is 0 Å². The number of carbonyl (C=O) groups is 1. The minimum atomic E-state index is 0. The summed E-state index contributed by atoms with van der Waals surface area (Å²) in [6, 6.07) is 8.47. The molecule has 1 aliphatic carbocycles. The van der Waals surface area contributed by atoms with E-state index in [-0.39, 0.29) is 29.9 Å². The average molecular weight is 528 g/mol. The van der Waals surface area contributed by atoms with Crippen LogP contribution in [0.15, 0.2) is 29.3 Å². The van der Waals surface area contributed by atoms with Crippen LogP contribution in [-0.2, 0) is 22.6 Å². The number of likely N-dealkylation sites (tertiary alicyclic amines) is 1. The molecule has 3 rings (SSSR count). The first kappa shape index (κ1) is 24.9. The molecule has 1 saturated heterocycles. The summed E-state index contributed by atoms with van der Waals surface area (Å²) in [5.74, 6) is 1.11. The molecular weight excluding hydrogens is 491 g/mol. The molecule has 30 heavy (non-hydrogen) atoms. The first-order valence-corrected chi connectivity index (χ1v) is 10.9. The maximum Gasteiger partial charge on any atom is 0.222 e. The Labute approximate surface area is 198 Å². The Morgan fingerprint density at radius 1 is 1.20 bits per heavy atom. The van der Waals surface area contributed by atoms with Crippen molar-refractivity contribution in [1.29, 1.82) is 0 Å². The lowest BCUT2D eigenvalue weighted by molar-refractivity contribution is -0.128. The van der Waals surface area contributed by atoms with Crippen LogP contribution < -0.4 is 10.6 Å². The molecule has 0 aromatic heterocycles. The molecule has 1 aliphatic heterocycles. The van der Waals surface area contributed by atoms with E-state index in [0.717, 1.165) is 38.5 Å². The Bertz CT molecular complexity index is 704. The van der Waals surface area contributed by atoms with E-state index in [4.69, 9.17) is 4.74 Å². The Kier molecular flexibility index (Phi) is 10.4. The second kappa shape index (κ2) is 12.5. The van der Waals surface area contributed by atoms with E-state index in [1.807, 2.05) is 11.9 Å². The summed E-state index contributed by atoms with van der Waals surface area (Å²) in [6.07, 6.45) is 7.91. The predicted molar refractivity (Wildman–Crippen MR) is 132 cm³/mol. The van der Waals surface area contributed by atoms with E-state index < -0.39 is 0 Å². The van der Waals surface area contributed by atoms with Gasteiger partial charge in [0.1, 0.15) is 0 Å². The fourth-order valence-electron chi connectivity index (χ4n) is 4.57. The molecule has 2 fully saturated rings. The highest BCUT2D eigenvalue weighted by Crippen LogP contribution is 2.40. The van der Waals surface area contributed by atoms with E-state index in [0.29, 0.717) is 24.9 Å². The molecular formula is C23H37IN4O2. The van der Waals surface area contributed by atoms with Crippen LogP contribution in [0.1, 0.15) is 56.1 Å². The summed E-state index contributed by atoms with van der Waals surface area (Å²) in [6.45, 7) is 4.06. The van der Waals surface area contributed by atoms with Crippen molar-refractivity contribution in [2.24, 2.45) is 10.4 Å². The highest BCUT2D eigenvalue weighted by molar-refractivity contribution is 14.0. The van der Waals surface area contributed by atoms with Crippen molar-refractivity contribution >= 4 is 35.8 Å². The first-order chi connectivity index (χ1) is 14.1. The summed E-state index contributed by atoms with van der Waals surface area (Å²) in [7, 11) is 3.60. The molecule has 168 valence electrons. The molecule has 0 spiro atoms. The summed E-state index contributed by atoms with van der Waals surface area (Å²) in [5, 5.41) is 6.98. The van der Waals surface area contributed by atoms with Crippen LogP contribution >= 0.6 is 24.0 Å². The number of ether oxygens (including phenoxy) is 1. The van der Waals surface area contributed by atoms with Crippen molar-refractivity contribution < 1.29 is 9.53 Å². The monoisotopic (exact) mass is 528 g/mol. The zero-order valence-electron chi connectivity index (χ0n) is 18.4. The number of amides is 1. The third-order valence-electron chi connectivity index (χ3n) is 6.35. The minimum absolute atomic E-state index is 0. The van der Waals surface area contributed by atoms with Gasteiger partial charge in [0.25, 0.3) is 0 Å². The van der Waals surface area contributed by atoms with Crippen LogP contribution in [0, 0.1) is 5.41 Å². The summed E-state index contributed by atoms with van der Waals surface area (Å²) in [5.41, 5.74) is 2.72. The third kappa shape index (κ3) is 7.11. The highest BCUT2D eigenvalue weighted by Gasteiger charge is 2.33. The average Bonchev–Trinajstić information content (AvgIpc) is 3.37. The summed E-state index contributed by atoms with van der Waals surface area (Å²) < 4.78 is 5.33. The molecule has 1 aromatic carbocycles. The maximum absolute atomic E-state index is 11.9. The standard InChI is InChI=1S/C23H36N4O2.HI/c1-24-22(26-18-23(12-14-29-2)10-3-4-11-23)25-16-19-7-5-8-20(15-19)17-27-13-6-9-21(27)28;/h5,7-8,15H,3-4,6,9-14,16-18H2,1-2H3,(H2,24,25,26);1H. The molecule has 0 bridgehead atoms. The topological polar surface area (TPSA) is 66.0 Å². The number of hydrogen-bond donors (Lipinski definition) is 2. The Morgan fingerprint density at radius 3 is 2.63 bits per heavy atom. The van der Waals surface area contributed by atoms with Gasteiger partial charge in [-0.05, 0) is 42.2 Å². The largest absolute Gasteiger partial charge is 0.385 e. The van der Waals surface area contributed by atoms with Crippen LogP contribution in [0.3, 0.4) is 0 Å². The number of rotatable bonds is 9. The van der Waals surface area contributed by atoms with Crippen molar-refractivity contribution in [3.05, 3.63) is 35.4 Å². The van der Waals surface area contributed by atoms with Gasteiger partial charge >= 0.3 is 0 Å². The number of benzene rings is 1. The second-order valence-electron chi connectivity index (χ2n) is 8.47. The van der Waals surface area contributed by atoms with E-state index in [2.05, 4.69) is 39.9 Å². The molecule has 2 N–H and O–H groups in total. The smallest absolute Gasteiger partial charge is 0.222 e. The maximum atomic E-state index is 11.9. The van der Waals surface area contributed by atoms with Gasteiger partial charge in [-0.2, -0.15) is 0 Å². The Morgan fingerprint density at radius 2 is 1.97 bits per heavy atom. The number of nitrogens with one attached hydrogen (secondary N) is 2. The molecule has 1 aromatic rings. The van der Waals surface area contributed by atoms with Crippen molar-refractivity contribution in [3.8, 4) is 0 Å². The van der Waals surface area contributed by atoms with Crippen molar-refractivity contribution in [2.75, 3.05) is 33.9 Å². The third-order valence-corrected chi connectivity index (χ3v) is 6.35. The van der Waals surface area contributed by atoms with E-state index in [9.17, 15) is 4.79 Å². The lowest BCUT2D eigenvalue weighted by Gasteiger charge is -2.30. The van der Waals surface area contributed by atoms with Gasteiger partial charge in [-0.25, -0.2) is 0 Å². The molecule has 1 heterocycles. The van der Waals surface area contributed by atoms with Crippen LogP contribution in [0.2, 0.25) is 0 Å².